The maximum Gasteiger partial charge on any atom is 0.255 e. The van der Waals surface area contributed by atoms with Gasteiger partial charge in [-0.15, -0.1) is 0 Å². The molecule has 0 saturated heterocycles. The first kappa shape index (κ1) is 17.1. The van der Waals surface area contributed by atoms with Crippen molar-refractivity contribution in [1.82, 2.24) is 5.32 Å². The molecule has 0 spiro atoms. The lowest BCUT2D eigenvalue weighted by Crippen LogP contribution is -2.33. The first-order chi connectivity index (χ1) is 9.60. The van der Waals surface area contributed by atoms with E-state index in [1.54, 1.807) is 12.1 Å². The predicted octanol–water partition coefficient (Wildman–Crippen LogP) is 2.90. The molecular weight excluding hydrogens is 286 g/mol. The second-order valence-corrected chi connectivity index (χ2v) is 4.89. The molecule has 0 atom stereocenters. The Morgan fingerprint density at radius 3 is 2.75 bits per heavy atom. The summed E-state index contributed by atoms with van der Waals surface area (Å²) in [5.74, 6) is 0. The average molecular weight is 307 g/mol. The standard InChI is InChI=1S/C14H21ClF2N2O/c1-2-6-18-9-11-4-3-5-12(15)14(11)19(7-8-20)10-13(16)17/h3-5,13,18,20H,2,6-10H2,1H3. The average Bonchev–Trinajstić information content (AvgIpc) is 2.38. The van der Waals surface area contributed by atoms with Gasteiger partial charge in [0.15, 0.2) is 0 Å². The first-order valence-corrected chi connectivity index (χ1v) is 7.10. The normalized spacial score (nSPS) is 11.1. The van der Waals surface area contributed by atoms with Gasteiger partial charge in [-0.2, -0.15) is 0 Å². The minimum absolute atomic E-state index is 0.134. The van der Waals surface area contributed by atoms with Crippen molar-refractivity contribution < 1.29 is 13.9 Å². The Morgan fingerprint density at radius 2 is 2.15 bits per heavy atom. The van der Waals surface area contributed by atoms with Crippen LogP contribution in [0.25, 0.3) is 0 Å². The van der Waals surface area contributed by atoms with E-state index in [0.717, 1.165) is 18.5 Å². The highest BCUT2D eigenvalue weighted by Crippen LogP contribution is 2.30. The van der Waals surface area contributed by atoms with Gasteiger partial charge in [0, 0.05) is 13.1 Å². The Bertz CT molecular complexity index is 405. The minimum atomic E-state index is -2.48. The number of alkyl halides is 2. The number of benzene rings is 1. The van der Waals surface area contributed by atoms with Crippen LogP contribution in [-0.2, 0) is 6.54 Å². The van der Waals surface area contributed by atoms with Crippen molar-refractivity contribution in [2.24, 2.45) is 0 Å². The van der Waals surface area contributed by atoms with Crippen molar-refractivity contribution in [2.45, 2.75) is 26.3 Å². The SMILES string of the molecule is CCCNCc1cccc(Cl)c1N(CCO)CC(F)F. The van der Waals surface area contributed by atoms with E-state index < -0.39 is 13.0 Å². The molecule has 0 bridgehead atoms. The van der Waals surface area contributed by atoms with E-state index in [1.807, 2.05) is 6.07 Å². The topological polar surface area (TPSA) is 35.5 Å². The summed E-state index contributed by atoms with van der Waals surface area (Å²) in [5, 5.41) is 12.7. The van der Waals surface area contributed by atoms with Crippen molar-refractivity contribution in [3.63, 3.8) is 0 Å². The molecule has 0 aliphatic rings. The van der Waals surface area contributed by atoms with Crippen LogP contribution in [0.5, 0.6) is 0 Å². The Hall–Kier alpha value is -0.910. The maximum atomic E-state index is 12.7. The number of para-hydroxylation sites is 1. The molecule has 0 unspecified atom stereocenters. The zero-order chi connectivity index (χ0) is 15.0. The van der Waals surface area contributed by atoms with Crippen molar-refractivity contribution in [3.05, 3.63) is 28.8 Å². The zero-order valence-corrected chi connectivity index (χ0v) is 12.3. The number of nitrogens with zero attached hydrogens (tertiary/aromatic N) is 1. The summed E-state index contributed by atoms with van der Waals surface area (Å²) in [6, 6.07) is 5.34. The van der Waals surface area contributed by atoms with E-state index >= 15 is 0 Å². The monoisotopic (exact) mass is 306 g/mol. The number of anilines is 1. The molecule has 0 aliphatic carbocycles. The summed E-state index contributed by atoms with van der Waals surface area (Å²) in [5.41, 5.74) is 1.44. The molecule has 0 radical (unpaired) electrons. The molecule has 3 nitrogen and oxygen atoms in total. The number of halogens is 3. The van der Waals surface area contributed by atoms with Gasteiger partial charge in [0.1, 0.15) is 0 Å². The highest BCUT2D eigenvalue weighted by molar-refractivity contribution is 6.33. The highest BCUT2D eigenvalue weighted by Gasteiger charge is 2.18. The molecule has 0 heterocycles. The van der Waals surface area contributed by atoms with Crippen LogP contribution < -0.4 is 10.2 Å². The lowest BCUT2D eigenvalue weighted by molar-refractivity contribution is 0.152. The van der Waals surface area contributed by atoms with Crippen LogP contribution in [0.2, 0.25) is 5.02 Å². The van der Waals surface area contributed by atoms with Gasteiger partial charge >= 0.3 is 0 Å². The first-order valence-electron chi connectivity index (χ1n) is 6.72. The molecule has 0 aromatic heterocycles. The molecule has 0 fully saturated rings. The highest BCUT2D eigenvalue weighted by atomic mass is 35.5. The smallest absolute Gasteiger partial charge is 0.255 e. The Balaban J connectivity index is 2.97. The van der Waals surface area contributed by atoms with Gasteiger partial charge in [-0.1, -0.05) is 30.7 Å². The third-order valence-corrected chi connectivity index (χ3v) is 3.16. The third-order valence-electron chi connectivity index (χ3n) is 2.86. The second-order valence-electron chi connectivity index (χ2n) is 4.49. The van der Waals surface area contributed by atoms with E-state index in [1.165, 1.54) is 4.90 Å². The quantitative estimate of drug-likeness (QED) is 0.689. The summed E-state index contributed by atoms with van der Waals surface area (Å²) in [4.78, 5) is 1.44. The summed E-state index contributed by atoms with van der Waals surface area (Å²) in [6.45, 7) is 2.97. The van der Waals surface area contributed by atoms with Crippen LogP contribution in [-0.4, -0.2) is 37.8 Å². The predicted molar refractivity (Wildman–Crippen MR) is 78.8 cm³/mol. The van der Waals surface area contributed by atoms with Gasteiger partial charge < -0.3 is 15.3 Å². The molecule has 0 amide bonds. The fraction of sp³-hybridized carbons (Fsp3) is 0.571. The molecule has 0 saturated carbocycles. The molecule has 0 aliphatic heterocycles. The van der Waals surface area contributed by atoms with Gasteiger partial charge in [-0.25, -0.2) is 8.78 Å². The third kappa shape index (κ3) is 5.23. The van der Waals surface area contributed by atoms with E-state index in [2.05, 4.69) is 12.2 Å². The fourth-order valence-electron chi connectivity index (χ4n) is 2.04. The number of aliphatic hydroxyl groups is 1. The largest absolute Gasteiger partial charge is 0.395 e. The van der Waals surface area contributed by atoms with E-state index in [0.29, 0.717) is 17.3 Å². The van der Waals surface area contributed by atoms with Crippen LogP contribution >= 0.6 is 11.6 Å². The molecule has 1 rings (SSSR count). The molecule has 6 heteroatoms. The molecule has 1 aromatic rings. The summed E-state index contributed by atoms with van der Waals surface area (Å²) < 4.78 is 25.4. The number of rotatable bonds is 9. The molecule has 20 heavy (non-hydrogen) atoms. The number of hydrogen-bond acceptors (Lipinski definition) is 3. The van der Waals surface area contributed by atoms with E-state index in [-0.39, 0.29) is 13.2 Å². The lowest BCUT2D eigenvalue weighted by Gasteiger charge is -2.27. The lowest BCUT2D eigenvalue weighted by atomic mass is 10.1. The van der Waals surface area contributed by atoms with Crippen molar-refractivity contribution in [2.75, 3.05) is 31.1 Å². The van der Waals surface area contributed by atoms with Crippen molar-refractivity contribution in [3.8, 4) is 0 Å². The van der Waals surface area contributed by atoms with Gasteiger partial charge in [0.2, 0.25) is 0 Å². The number of aliphatic hydroxyl groups excluding tert-OH is 1. The van der Waals surface area contributed by atoms with Gasteiger partial charge in [-0.05, 0) is 24.6 Å². The zero-order valence-electron chi connectivity index (χ0n) is 11.6. The van der Waals surface area contributed by atoms with Gasteiger partial charge in [-0.3, -0.25) is 0 Å². The summed E-state index contributed by atoms with van der Waals surface area (Å²) in [6.07, 6.45) is -1.48. The van der Waals surface area contributed by atoms with Crippen LogP contribution in [0, 0.1) is 0 Å². The Labute approximate surface area is 123 Å². The number of nitrogens with one attached hydrogen (secondary N) is 1. The van der Waals surface area contributed by atoms with Gasteiger partial charge in [0.25, 0.3) is 6.43 Å². The fourth-order valence-corrected chi connectivity index (χ4v) is 2.35. The van der Waals surface area contributed by atoms with Crippen LogP contribution in [0.3, 0.4) is 0 Å². The molecular formula is C14H21ClF2N2O. The van der Waals surface area contributed by atoms with Crippen molar-refractivity contribution in [1.29, 1.82) is 0 Å². The molecule has 2 N–H and O–H groups in total. The molecule has 114 valence electrons. The van der Waals surface area contributed by atoms with Gasteiger partial charge in [0.05, 0.1) is 23.9 Å². The van der Waals surface area contributed by atoms with E-state index in [9.17, 15) is 8.78 Å². The minimum Gasteiger partial charge on any atom is -0.395 e. The summed E-state index contributed by atoms with van der Waals surface area (Å²) in [7, 11) is 0. The van der Waals surface area contributed by atoms with E-state index in [4.69, 9.17) is 16.7 Å². The number of hydrogen-bond donors (Lipinski definition) is 2. The Kier molecular flexibility index (Phi) is 7.80. The van der Waals surface area contributed by atoms with Crippen LogP contribution in [0.1, 0.15) is 18.9 Å². The Morgan fingerprint density at radius 1 is 1.40 bits per heavy atom. The van der Waals surface area contributed by atoms with Crippen LogP contribution in [0.15, 0.2) is 18.2 Å². The van der Waals surface area contributed by atoms with Crippen molar-refractivity contribution >= 4 is 17.3 Å². The molecule has 1 aromatic carbocycles. The summed E-state index contributed by atoms with van der Waals surface area (Å²) >= 11 is 6.16. The second kappa shape index (κ2) is 9.10. The van der Waals surface area contributed by atoms with Crippen LogP contribution in [0.4, 0.5) is 14.5 Å². The maximum absolute atomic E-state index is 12.7.